The van der Waals surface area contributed by atoms with Crippen LogP contribution < -0.4 is 20.1 Å². The van der Waals surface area contributed by atoms with Gasteiger partial charge in [-0.25, -0.2) is 38.5 Å². The maximum atomic E-state index is 12.5. The van der Waals surface area contributed by atoms with Crippen molar-refractivity contribution >= 4 is 110 Å². The normalized spacial score (nSPS) is 10.6. The highest BCUT2D eigenvalue weighted by molar-refractivity contribution is 7.99. The molecular formula is C103H94N6O24S. The highest BCUT2D eigenvalue weighted by Gasteiger charge is 2.24. The Morgan fingerprint density at radius 3 is 1.09 bits per heavy atom. The van der Waals surface area contributed by atoms with Gasteiger partial charge in [0.25, 0.3) is 11.8 Å². The second kappa shape index (κ2) is 49.8. The van der Waals surface area contributed by atoms with E-state index >= 15 is 0 Å². The molecule has 0 fully saturated rings. The molecule has 0 saturated heterocycles. The lowest BCUT2D eigenvalue weighted by atomic mass is 9.97. The third-order valence-corrected chi connectivity index (χ3v) is 21.0. The smallest absolute Gasteiger partial charge is 0.409 e. The van der Waals surface area contributed by atoms with E-state index < -0.39 is 63.2 Å². The number of carbonyl (C=O) groups is 14. The largest absolute Gasteiger partial charge is 0.497 e. The summed E-state index contributed by atoms with van der Waals surface area (Å²) in [5.41, 5.74) is 7.69. The second-order valence-corrected chi connectivity index (χ2v) is 31.9. The Morgan fingerprint density at radius 1 is 0.373 bits per heavy atom. The average molecular weight is 1830 g/mol. The van der Waals surface area contributed by atoms with E-state index in [0.717, 1.165) is 44.8 Å². The lowest BCUT2D eigenvalue weighted by Crippen LogP contribution is -2.25. The molecule has 134 heavy (non-hydrogen) atoms. The molecular weight excluding hydrogens is 1740 g/mol. The highest BCUT2D eigenvalue weighted by atomic mass is 32.2. The van der Waals surface area contributed by atoms with Crippen LogP contribution in [0.2, 0.25) is 0 Å². The monoisotopic (exact) mass is 1830 g/mol. The van der Waals surface area contributed by atoms with E-state index in [1.54, 1.807) is 190 Å². The van der Waals surface area contributed by atoms with Gasteiger partial charge in [-0.15, -0.1) is 0 Å². The van der Waals surface area contributed by atoms with E-state index in [-0.39, 0.29) is 121 Å². The number of Topliss-reactive ketones (excluding diaryl/α,β-unsaturated/α-hetero) is 4. The summed E-state index contributed by atoms with van der Waals surface area (Å²) in [5.74, 6) is -3.15. The summed E-state index contributed by atoms with van der Waals surface area (Å²) in [6.45, 7) is 2.31. The summed E-state index contributed by atoms with van der Waals surface area (Å²) in [7, 11) is 5.34. The van der Waals surface area contributed by atoms with Gasteiger partial charge in [-0.2, -0.15) is 0 Å². The Kier molecular flexibility index (Phi) is 38.0. The predicted molar refractivity (Wildman–Crippen MR) is 503 cm³/mol. The van der Waals surface area contributed by atoms with Crippen LogP contribution in [0.4, 0.5) is 16.2 Å². The topological polar surface area (TPSA) is 464 Å². The highest BCUT2D eigenvalue weighted by Crippen LogP contribution is 2.26. The minimum absolute atomic E-state index is 0.00548. The standard InChI is InChI=1S/C19H19NO5.C19H19NO4.C17H13N3O3.C16H15NO4S.2C16H14O4/c1-20(19(24)25-2)12-14-7-5-6-13(10-14)11-17(21)15-8-3-4-9-16(15)18(22)23;1-13(21)20(2)12-15-7-5-6-14(10-15)11-18(22)16-8-3-4-9-17(16)19(23)24;21-16(13-3-1-2-4-14(13)17(22)23)20-12-7-5-11(6-8-12)15-18-9-10-19-15;1-22(2,21)12-7-5-6-11(10-12)17-15(18)13-8-3-4-9-14(13)16(19)20;1-20-15-9-5-2-6-11(15)10-14(17)12-7-3-4-8-13(12)16(18)19;1-20-12-6-4-5-11(9-12)10-15(17)13-7-2-3-8-14(13)16(18)19/h3-10H,11-12H2,1-2H3,(H,22,23);3-10H,11-12H2,1-2H3,(H,23,24);1-10H,(H,18,19)(H,20,21)(H,22,23);3-10H,1H2,2H3,(H,17,18)(H,19,20);2*2-9H,10H2,1H3,(H,18,19). The number of hydrogen-bond donors (Lipinski definition) is 9. The molecule has 0 aliphatic heterocycles. The van der Waals surface area contributed by atoms with Crippen LogP contribution in [-0.4, -0.2) is 185 Å². The fourth-order valence-electron chi connectivity index (χ4n) is 13.1. The van der Waals surface area contributed by atoms with Crippen LogP contribution in [0.25, 0.3) is 11.4 Å². The minimum atomic E-state index is -2.39. The van der Waals surface area contributed by atoms with Crippen molar-refractivity contribution in [1.29, 1.82) is 0 Å². The van der Waals surface area contributed by atoms with Crippen molar-refractivity contribution in [3.8, 4) is 22.9 Å². The number of nitrogens with zero attached hydrogens (tertiary/aromatic N) is 3. The molecule has 1 aromatic heterocycles. The Bertz CT molecular complexity index is 6590. The first-order valence-corrected chi connectivity index (χ1v) is 42.8. The van der Waals surface area contributed by atoms with Crippen LogP contribution in [0, 0.1) is 0 Å². The number of ketones is 4. The zero-order valence-electron chi connectivity index (χ0n) is 73.6. The number of nitrogens with one attached hydrogen (secondary N) is 3. The summed E-state index contributed by atoms with van der Waals surface area (Å²) in [6, 6.07) is 79.5. The number of carbonyl (C=O) groups excluding carboxylic acids is 8. The molecule has 1 atom stereocenters. The van der Waals surface area contributed by atoms with E-state index in [9.17, 15) is 81.5 Å². The van der Waals surface area contributed by atoms with Crippen LogP contribution in [0.3, 0.4) is 0 Å². The number of aromatic nitrogens is 2. The number of para-hydroxylation sites is 1. The van der Waals surface area contributed by atoms with Crippen molar-refractivity contribution in [1.82, 2.24) is 19.8 Å². The molecule has 0 radical (unpaired) electrons. The number of hydrogen-bond acceptors (Lipinski definition) is 19. The zero-order chi connectivity index (χ0) is 97.7. The molecule has 13 rings (SSSR count). The number of amides is 4. The van der Waals surface area contributed by atoms with Crippen LogP contribution in [0.5, 0.6) is 11.5 Å². The first-order chi connectivity index (χ1) is 64.0. The van der Waals surface area contributed by atoms with Crippen molar-refractivity contribution in [3.05, 3.63) is 404 Å². The van der Waals surface area contributed by atoms with Crippen molar-refractivity contribution in [2.24, 2.45) is 0 Å². The number of carboxylic acid groups (broad SMARTS) is 6. The van der Waals surface area contributed by atoms with E-state index in [2.05, 4.69) is 31.2 Å². The van der Waals surface area contributed by atoms with Crippen LogP contribution in [0.15, 0.2) is 308 Å². The first-order valence-electron chi connectivity index (χ1n) is 40.6. The number of benzene rings is 12. The average Bonchev–Trinajstić information content (AvgIpc) is 1.16. The lowest BCUT2D eigenvalue weighted by Gasteiger charge is -2.16. The zero-order valence-corrected chi connectivity index (χ0v) is 74.4. The van der Waals surface area contributed by atoms with Gasteiger partial charge in [0, 0.05) is 128 Å². The number of aromatic carboxylic acids is 6. The van der Waals surface area contributed by atoms with Crippen molar-refractivity contribution < 1.29 is 116 Å². The summed E-state index contributed by atoms with van der Waals surface area (Å²) >= 11 is 0. The first kappa shape index (κ1) is 102. The van der Waals surface area contributed by atoms with Crippen LogP contribution in [-0.2, 0) is 57.8 Å². The van der Waals surface area contributed by atoms with Gasteiger partial charge in [-0.3, -0.25) is 37.8 Å². The molecule has 0 spiro atoms. The van der Waals surface area contributed by atoms with Gasteiger partial charge in [0.2, 0.25) is 5.91 Å². The molecule has 0 aliphatic rings. The van der Waals surface area contributed by atoms with Gasteiger partial charge < -0.3 is 70.3 Å². The Balaban J connectivity index is 0.000000198. The molecule has 1 heterocycles. The molecule has 0 saturated carbocycles. The number of ether oxygens (including phenoxy) is 3. The number of carboxylic acids is 6. The SMILES string of the molecule is C=S(C)(=O)c1cccc(NC(=O)c2ccccc2C(=O)O)c1.CC(=O)N(C)Cc1cccc(CC(=O)c2ccccc2C(=O)O)c1.COC(=O)N(C)Cc1cccc(CC(=O)c2ccccc2C(=O)O)c1.COc1cccc(CC(=O)c2ccccc2C(=O)O)c1.COc1ccccc1CC(=O)c1ccccc1C(=O)O.O=C(O)c1ccccc1C(=O)Nc1ccc(-c2ncc[nH]2)cc1. The van der Waals surface area contributed by atoms with Crippen molar-refractivity contribution in [2.75, 3.05) is 52.3 Å². The number of rotatable bonds is 30. The maximum Gasteiger partial charge on any atom is 0.409 e. The minimum Gasteiger partial charge on any atom is -0.497 e. The number of anilines is 2. The Labute approximate surface area is 770 Å². The van der Waals surface area contributed by atoms with E-state index in [1.165, 1.54) is 105 Å². The third kappa shape index (κ3) is 30.4. The molecule has 1 unspecified atom stereocenters. The third-order valence-electron chi connectivity index (χ3n) is 19.8. The van der Waals surface area contributed by atoms with Gasteiger partial charge in [0.15, 0.2) is 23.1 Å². The summed E-state index contributed by atoms with van der Waals surface area (Å²) in [6.07, 6.45) is 4.89. The van der Waals surface area contributed by atoms with Crippen LogP contribution >= 0.6 is 0 Å². The quantitative estimate of drug-likeness (QED) is 0.0149. The molecule has 686 valence electrons. The second-order valence-electron chi connectivity index (χ2n) is 29.5. The molecule has 4 amide bonds. The van der Waals surface area contributed by atoms with Gasteiger partial charge in [0.05, 0.1) is 65.8 Å². The molecule has 0 aliphatic carbocycles. The van der Waals surface area contributed by atoms with Gasteiger partial charge in [-0.1, -0.05) is 182 Å². The van der Waals surface area contributed by atoms with Gasteiger partial charge in [-0.05, 0) is 152 Å². The molecule has 0 bridgehead atoms. The van der Waals surface area contributed by atoms with E-state index in [0.29, 0.717) is 40.9 Å². The molecule has 31 heteroatoms. The van der Waals surface area contributed by atoms with E-state index in [1.807, 2.05) is 66.7 Å². The molecule has 12 aromatic carbocycles. The number of methoxy groups -OCH3 is 3. The number of imidazole rings is 1. The molecule has 30 nitrogen and oxygen atoms in total. The number of aromatic amines is 1. The summed E-state index contributed by atoms with van der Waals surface area (Å²) in [5, 5.41) is 60.1. The maximum absolute atomic E-state index is 12.5. The Hall–Kier alpha value is -17.4. The fraction of sp³-hybridized carbons (Fsp3) is 0.126. The summed E-state index contributed by atoms with van der Waals surface area (Å²) < 4.78 is 26.9. The Morgan fingerprint density at radius 2 is 0.716 bits per heavy atom. The molecule has 9 N–H and O–H groups in total. The van der Waals surface area contributed by atoms with Crippen LogP contribution in [0.1, 0.15) is 165 Å². The van der Waals surface area contributed by atoms with E-state index in [4.69, 9.17) is 29.9 Å². The summed E-state index contributed by atoms with van der Waals surface area (Å²) in [4.78, 5) is 174. The van der Waals surface area contributed by atoms with Gasteiger partial charge in [0.1, 0.15) is 17.3 Å². The predicted octanol–water partition coefficient (Wildman–Crippen LogP) is 16.8. The number of H-pyrrole nitrogens is 1. The van der Waals surface area contributed by atoms with Crippen molar-refractivity contribution in [3.63, 3.8) is 0 Å². The van der Waals surface area contributed by atoms with Gasteiger partial charge >= 0.3 is 41.9 Å². The lowest BCUT2D eigenvalue weighted by molar-refractivity contribution is -0.128. The fourth-order valence-corrected chi connectivity index (χ4v) is 13.8. The molecule has 13 aromatic rings. The van der Waals surface area contributed by atoms with Crippen molar-refractivity contribution in [2.45, 2.75) is 50.6 Å².